The van der Waals surface area contributed by atoms with Crippen LogP contribution in [0.15, 0.2) is 35.5 Å². The minimum Gasteiger partial charge on any atom is -0.458 e. The van der Waals surface area contributed by atoms with Crippen LogP contribution in [-0.4, -0.2) is 47.9 Å². The quantitative estimate of drug-likeness (QED) is 0.315. The van der Waals surface area contributed by atoms with Crippen LogP contribution in [0.2, 0.25) is 0 Å². The highest BCUT2D eigenvalue weighted by atomic mass is 16.7. The number of carbonyl (C=O) groups is 3. The van der Waals surface area contributed by atoms with Crippen LogP contribution in [0.5, 0.6) is 0 Å². The summed E-state index contributed by atoms with van der Waals surface area (Å²) in [4.78, 5) is 36.7. The Balaban J connectivity index is 1.71. The maximum atomic E-state index is 12.3. The van der Waals surface area contributed by atoms with E-state index in [9.17, 15) is 14.4 Å². The van der Waals surface area contributed by atoms with Crippen molar-refractivity contribution in [2.45, 2.75) is 63.6 Å². The van der Waals surface area contributed by atoms with Crippen LogP contribution in [0, 0.1) is 5.92 Å². The number of rotatable bonds is 2. The van der Waals surface area contributed by atoms with Gasteiger partial charge in [0.25, 0.3) is 0 Å². The molecule has 0 aromatic rings. The van der Waals surface area contributed by atoms with E-state index in [0.29, 0.717) is 12.0 Å². The zero-order valence-electron chi connectivity index (χ0n) is 15.5. The zero-order chi connectivity index (χ0) is 19.5. The molecule has 7 nitrogen and oxygen atoms in total. The average molecular weight is 374 g/mol. The Morgan fingerprint density at radius 1 is 1.30 bits per heavy atom. The normalized spacial score (nSPS) is 39.4. The zero-order valence-corrected chi connectivity index (χ0v) is 15.5. The number of fused-ring (bicyclic) bond motifs is 4. The Morgan fingerprint density at radius 2 is 2.04 bits per heavy atom. The lowest BCUT2D eigenvalue weighted by atomic mass is 9.82. The van der Waals surface area contributed by atoms with Gasteiger partial charge >= 0.3 is 17.9 Å². The molecule has 0 unspecified atom stereocenters. The Kier molecular flexibility index (Phi) is 4.03. The Labute approximate surface area is 157 Å². The molecule has 7 heteroatoms. The molecule has 2 fully saturated rings. The summed E-state index contributed by atoms with van der Waals surface area (Å²) in [6, 6.07) is 0. The third-order valence-corrected chi connectivity index (χ3v) is 5.51. The van der Waals surface area contributed by atoms with E-state index in [0.717, 1.165) is 5.57 Å². The first-order valence-electron chi connectivity index (χ1n) is 9.03. The van der Waals surface area contributed by atoms with Gasteiger partial charge in [0.15, 0.2) is 0 Å². The molecule has 2 bridgehead atoms. The second-order valence-electron chi connectivity index (χ2n) is 8.01. The van der Waals surface area contributed by atoms with Crippen LogP contribution in [-0.2, 0) is 33.3 Å². The molecule has 0 aromatic carbocycles. The smallest absolute Gasteiger partial charge is 0.334 e. The number of hydrogen-bond donors (Lipinski definition) is 0. The fourth-order valence-corrected chi connectivity index (χ4v) is 4.20. The SMILES string of the molecule is C=C1C(=O)O[C@H]2[C@H]1[C@H](OC(=O)C=C(C)C)CC1=C[C@H](C[C@@]3(C)O[C@@H]23)OC1=O. The summed E-state index contributed by atoms with van der Waals surface area (Å²) in [7, 11) is 0. The molecule has 144 valence electrons. The largest absolute Gasteiger partial charge is 0.458 e. The highest BCUT2D eigenvalue weighted by Crippen LogP contribution is 2.51. The van der Waals surface area contributed by atoms with Crippen LogP contribution < -0.4 is 0 Å². The van der Waals surface area contributed by atoms with E-state index in [1.807, 2.05) is 6.92 Å². The van der Waals surface area contributed by atoms with Gasteiger partial charge in [0.05, 0.1) is 11.5 Å². The molecule has 0 amide bonds. The predicted octanol–water partition coefficient (Wildman–Crippen LogP) is 1.77. The highest BCUT2D eigenvalue weighted by Gasteiger charge is 2.65. The molecule has 4 rings (SSSR count). The monoisotopic (exact) mass is 374 g/mol. The van der Waals surface area contributed by atoms with Crippen LogP contribution in [0.25, 0.3) is 0 Å². The van der Waals surface area contributed by atoms with Crippen molar-refractivity contribution in [3.8, 4) is 0 Å². The molecule has 0 N–H and O–H groups in total. The molecule has 27 heavy (non-hydrogen) atoms. The molecule has 2 saturated heterocycles. The van der Waals surface area contributed by atoms with Crippen molar-refractivity contribution < 1.29 is 33.3 Å². The average Bonchev–Trinajstić information content (AvgIpc) is 2.95. The minimum absolute atomic E-state index is 0.137. The standard InChI is InChI=1S/C20H22O7/c1-9(2)5-14(21)25-13-7-11-6-12(24-19(11)23)8-20(4)17(27-20)16-15(13)10(3)18(22)26-16/h5-6,12-13,15-17H,3,7-8H2,1-2,4H3/t12-,13-,15-,16+,17+,20-/m1/s1. The van der Waals surface area contributed by atoms with E-state index < -0.39 is 47.7 Å². The molecule has 0 aromatic heterocycles. The van der Waals surface area contributed by atoms with Crippen molar-refractivity contribution in [1.82, 2.24) is 0 Å². The van der Waals surface area contributed by atoms with Gasteiger partial charge in [-0.1, -0.05) is 12.2 Å². The third-order valence-electron chi connectivity index (χ3n) is 5.51. The Morgan fingerprint density at radius 3 is 2.74 bits per heavy atom. The van der Waals surface area contributed by atoms with Crippen LogP contribution in [0.1, 0.15) is 33.6 Å². The molecule has 0 saturated carbocycles. The lowest BCUT2D eigenvalue weighted by molar-refractivity contribution is -0.149. The molecular weight excluding hydrogens is 352 g/mol. The van der Waals surface area contributed by atoms with Gasteiger partial charge in [-0.25, -0.2) is 14.4 Å². The molecule has 1 aliphatic carbocycles. The van der Waals surface area contributed by atoms with E-state index in [4.69, 9.17) is 18.9 Å². The third kappa shape index (κ3) is 3.10. The summed E-state index contributed by atoms with van der Waals surface area (Å²) in [5, 5.41) is 0. The van der Waals surface area contributed by atoms with Gasteiger partial charge in [0.2, 0.25) is 0 Å². The summed E-state index contributed by atoms with van der Waals surface area (Å²) >= 11 is 0. The van der Waals surface area contributed by atoms with Crippen molar-refractivity contribution in [2.75, 3.05) is 0 Å². The van der Waals surface area contributed by atoms with Crippen molar-refractivity contribution in [3.63, 3.8) is 0 Å². The van der Waals surface area contributed by atoms with E-state index in [1.54, 1.807) is 19.9 Å². The van der Waals surface area contributed by atoms with E-state index in [2.05, 4.69) is 6.58 Å². The van der Waals surface area contributed by atoms with Crippen LogP contribution in [0.4, 0.5) is 0 Å². The van der Waals surface area contributed by atoms with Gasteiger partial charge in [0, 0.05) is 30.1 Å². The van der Waals surface area contributed by atoms with Crippen molar-refractivity contribution in [3.05, 3.63) is 35.5 Å². The van der Waals surface area contributed by atoms with E-state index >= 15 is 0 Å². The van der Waals surface area contributed by atoms with Crippen LogP contribution in [0.3, 0.4) is 0 Å². The van der Waals surface area contributed by atoms with E-state index in [-0.39, 0.29) is 18.1 Å². The number of epoxide rings is 1. The molecule has 3 aliphatic heterocycles. The fourth-order valence-electron chi connectivity index (χ4n) is 4.20. The Bertz CT molecular complexity index is 803. The lowest BCUT2D eigenvalue weighted by Gasteiger charge is -2.26. The molecule has 3 heterocycles. The minimum atomic E-state index is -0.777. The molecule has 4 aliphatic rings. The number of ether oxygens (including phenoxy) is 4. The number of carbonyl (C=O) groups excluding carboxylic acids is 3. The fraction of sp³-hybridized carbons (Fsp3) is 0.550. The second-order valence-corrected chi connectivity index (χ2v) is 8.01. The highest BCUT2D eigenvalue weighted by molar-refractivity contribution is 5.93. The second kappa shape index (κ2) is 6.05. The maximum Gasteiger partial charge on any atom is 0.334 e. The molecule has 0 radical (unpaired) electrons. The predicted molar refractivity (Wildman–Crippen MR) is 92.3 cm³/mol. The summed E-state index contributed by atoms with van der Waals surface area (Å²) in [6.07, 6.45) is 1.62. The summed E-state index contributed by atoms with van der Waals surface area (Å²) < 4.78 is 22.4. The molecule has 6 atom stereocenters. The first kappa shape index (κ1) is 18.0. The van der Waals surface area contributed by atoms with Gasteiger partial charge in [0.1, 0.15) is 24.4 Å². The van der Waals surface area contributed by atoms with Gasteiger partial charge in [-0.3, -0.25) is 0 Å². The van der Waals surface area contributed by atoms with Gasteiger partial charge in [-0.2, -0.15) is 0 Å². The first-order chi connectivity index (χ1) is 12.7. The topological polar surface area (TPSA) is 91.4 Å². The van der Waals surface area contributed by atoms with Crippen LogP contribution >= 0.6 is 0 Å². The summed E-state index contributed by atoms with van der Waals surface area (Å²) in [5.74, 6) is -2.07. The summed E-state index contributed by atoms with van der Waals surface area (Å²) in [6.45, 7) is 9.31. The Hall–Kier alpha value is -2.41. The van der Waals surface area contributed by atoms with Gasteiger partial charge in [-0.05, 0) is 26.8 Å². The number of esters is 3. The number of hydrogen-bond acceptors (Lipinski definition) is 7. The van der Waals surface area contributed by atoms with Crippen molar-refractivity contribution in [1.29, 1.82) is 0 Å². The van der Waals surface area contributed by atoms with Gasteiger partial charge < -0.3 is 18.9 Å². The van der Waals surface area contributed by atoms with E-state index in [1.165, 1.54) is 6.08 Å². The lowest BCUT2D eigenvalue weighted by Crippen LogP contribution is -2.38. The van der Waals surface area contributed by atoms with Crippen molar-refractivity contribution in [2.24, 2.45) is 5.92 Å². The first-order valence-corrected chi connectivity index (χ1v) is 9.03. The maximum absolute atomic E-state index is 12.3. The number of allylic oxidation sites excluding steroid dienone is 1. The van der Waals surface area contributed by atoms with Gasteiger partial charge in [-0.15, -0.1) is 0 Å². The summed E-state index contributed by atoms with van der Waals surface area (Å²) in [5.41, 5.74) is 0.878. The van der Waals surface area contributed by atoms with Crippen molar-refractivity contribution >= 4 is 17.9 Å². The molecular formula is C20H22O7. The molecule has 0 spiro atoms.